The summed E-state index contributed by atoms with van der Waals surface area (Å²) in [5, 5.41) is 14.6. The third kappa shape index (κ3) is 6.92. The highest BCUT2D eigenvalue weighted by atomic mass is 19.4. The zero-order valence-corrected chi connectivity index (χ0v) is 16.2. The van der Waals surface area contributed by atoms with Gasteiger partial charge in [0.1, 0.15) is 12.7 Å². The van der Waals surface area contributed by atoms with E-state index in [1.807, 2.05) is 0 Å². The van der Waals surface area contributed by atoms with E-state index in [0.717, 1.165) is 6.07 Å². The molecule has 0 aliphatic rings. The van der Waals surface area contributed by atoms with Crippen LogP contribution in [0.3, 0.4) is 0 Å². The molecule has 2 amide bonds. The molecule has 1 atom stereocenters. The number of aliphatic hydroxyl groups is 1. The zero-order chi connectivity index (χ0) is 22.1. The number of para-hydroxylation sites is 3. The lowest BCUT2D eigenvalue weighted by Crippen LogP contribution is -2.37. The minimum absolute atomic E-state index is 0.183. The summed E-state index contributed by atoms with van der Waals surface area (Å²) in [6.07, 6.45) is -6.02. The van der Waals surface area contributed by atoms with Crippen LogP contribution in [0.1, 0.15) is 0 Å². The molecule has 0 fully saturated rings. The Morgan fingerprint density at radius 3 is 2.23 bits per heavy atom. The van der Waals surface area contributed by atoms with Crippen LogP contribution in [-0.4, -0.2) is 51.0 Å². The molecule has 8 nitrogen and oxygen atoms in total. The van der Waals surface area contributed by atoms with Crippen LogP contribution in [0.2, 0.25) is 0 Å². The Labute approximate surface area is 170 Å². The first kappa shape index (κ1) is 22.9. The molecule has 2 aromatic carbocycles. The molecule has 164 valence electrons. The average Bonchev–Trinajstić information content (AvgIpc) is 2.70. The van der Waals surface area contributed by atoms with Gasteiger partial charge in [-0.1, -0.05) is 18.2 Å². The second-order valence-corrected chi connectivity index (χ2v) is 5.84. The second kappa shape index (κ2) is 10.4. The van der Waals surface area contributed by atoms with Gasteiger partial charge in [0, 0.05) is 6.54 Å². The maximum atomic E-state index is 12.4. The third-order valence-electron chi connectivity index (χ3n) is 3.66. The van der Waals surface area contributed by atoms with Crippen LogP contribution in [0.5, 0.6) is 23.0 Å². The van der Waals surface area contributed by atoms with E-state index in [-0.39, 0.29) is 24.6 Å². The summed E-state index contributed by atoms with van der Waals surface area (Å²) in [6.45, 7) is -0.434. The van der Waals surface area contributed by atoms with E-state index in [2.05, 4.69) is 15.4 Å². The lowest BCUT2D eigenvalue weighted by Gasteiger charge is -2.17. The van der Waals surface area contributed by atoms with E-state index >= 15 is 0 Å². The van der Waals surface area contributed by atoms with Gasteiger partial charge in [0.15, 0.2) is 17.2 Å². The molecular formula is C19H21F3N2O6. The third-order valence-corrected chi connectivity index (χ3v) is 3.66. The molecule has 0 aliphatic carbocycles. The number of rotatable bonds is 9. The van der Waals surface area contributed by atoms with Gasteiger partial charge in [-0.25, -0.2) is 4.79 Å². The van der Waals surface area contributed by atoms with E-state index in [0.29, 0.717) is 11.5 Å². The maximum absolute atomic E-state index is 12.4. The van der Waals surface area contributed by atoms with Crippen molar-refractivity contribution in [3.63, 3.8) is 0 Å². The van der Waals surface area contributed by atoms with Gasteiger partial charge < -0.3 is 34.7 Å². The molecule has 0 radical (unpaired) electrons. The highest BCUT2D eigenvalue weighted by molar-refractivity contribution is 5.90. The monoisotopic (exact) mass is 430 g/mol. The molecule has 0 saturated carbocycles. The van der Waals surface area contributed by atoms with Crippen molar-refractivity contribution in [2.24, 2.45) is 0 Å². The number of carbonyl (C=O) groups is 1. The lowest BCUT2D eigenvalue weighted by atomic mass is 10.3. The molecule has 0 aliphatic heterocycles. The van der Waals surface area contributed by atoms with Crippen molar-refractivity contribution in [2.75, 3.05) is 32.7 Å². The summed E-state index contributed by atoms with van der Waals surface area (Å²) in [7, 11) is 2.90. The summed E-state index contributed by atoms with van der Waals surface area (Å²) in [5.41, 5.74) is -0.183. The van der Waals surface area contributed by atoms with Crippen LogP contribution in [-0.2, 0) is 0 Å². The second-order valence-electron chi connectivity index (χ2n) is 5.84. The molecule has 2 rings (SSSR count). The van der Waals surface area contributed by atoms with Gasteiger partial charge in [-0.05, 0) is 24.3 Å². The van der Waals surface area contributed by atoms with Crippen LogP contribution in [0.25, 0.3) is 0 Å². The Hall–Kier alpha value is -3.34. The summed E-state index contributed by atoms with van der Waals surface area (Å²) in [6, 6.07) is 9.24. The smallest absolute Gasteiger partial charge is 0.493 e. The molecule has 0 heterocycles. The number of urea groups is 1. The van der Waals surface area contributed by atoms with Gasteiger partial charge in [-0.3, -0.25) is 0 Å². The predicted molar refractivity (Wildman–Crippen MR) is 101 cm³/mol. The molecule has 30 heavy (non-hydrogen) atoms. The molecule has 0 spiro atoms. The predicted octanol–water partition coefficient (Wildman–Crippen LogP) is 3.16. The number of alkyl halides is 3. The number of aliphatic hydroxyl groups excluding tert-OH is 1. The van der Waals surface area contributed by atoms with Crippen LogP contribution >= 0.6 is 0 Å². The molecule has 0 aromatic heterocycles. The largest absolute Gasteiger partial charge is 0.573 e. The summed E-state index contributed by atoms with van der Waals surface area (Å²) in [4.78, 5) is 12.0. The number of methoxy groups -OCH3 is 2. The number of benzene rings is 2. The van der Waals surface area contributed by atoms with Crippen molar-refractivity contribution in [3.05, 3.63) is 42.5 Å². The van der Waals surface area contributed by atoms with Gasteiger partial charge in [-0.2, -0.15) is 0 Å². The highest BCUT2D eigenvalue weighted by Crippen LogP contribution is 2.36. The number of amides is 2. The van der Waals surface area contributed by atoms with Crippen molar-refractivity contribution in [3.8, 4) is 23.0 Å². The van der Waals surface area contributed by atoms with Crippen LogP contribution < -0.4 is 29.6 Å². The number of hydrogen-bond donors (Lipinski definition) is 3. The van der Waals surface area contributed by atoms with Gasteiger partial charge in [0.2, 0.25) is 5.75 Å². The normalized spacial score (nSPS) is 11.9. The van der Waals surface area contributed by atoms with Gasteiger partial charge in [-0.15, -0.1) is 13.2 Å². The molecule has 11 heteroatoms. The quantitative estimate of drug-likeness (QED) is 0.565. The van der Waals surface area contributed by atoms with Crippen molar-refractivity contribution >= 4 is 11.7 Å². The Balaban J connectivity index is 1.88. The summed E-state index contributed by atoms with van der Waals surface area (Å²) in [5.74, 6) is 0.513. The fourth-order valence-corrected chi connectivity index (χ4v) is 2.36. The Morgan fingerprint density at radius 2 is 1.63 bits per heavy atom. The molecular weight excluding hydrogens is 409 g/mol. The fraction of sp³-hybridized carbons (Fsp3) is 0.316. The van der Waals surface area contributed by atoms with Crippen molar-refractivity contribution in [2.45, 2.75) is 12.5 Å². The number of ether oxygens (including phenoxy) is 4. The zero-order valence-electron chi connectivity index (χ0n) is 16.2. The first-order chi connectivity index (χ1) is 14.2. The van der Waals surface area contributed by atoms with Gasteiger partial charge in [0.05, 0.1) is 19.9 Å². The van der Waals surface area contributed by atoms with Crippen molar-refractivity contribution < 1.29 is 42.0 Å². The topological polar surface area (TPSA) is 98.3 Å². The molecule has 0 bridgehead atoms. The summed E-state index contributed by atoms with van der Waals surface area (Å²) >= 11 is 0. The van der Waals surface area contributed by atoms with Crippen LogP contribution in [0.15, 0.2) is 42.5 Å². The molecule has 3 N–H and O–H groups in total. The number of hydrogen-bond acceptors (Lipinski definition) is 6. The van der Waals surface area contributed by atoms with Crippen molar-refractivity contribution in [1.29, 1.82) is 0 Å². The Morgan fingerprint density at radius 1 is 1.03 bits per heavy atom. The summed E-state index contributed by atoms with van der Waals surface area (Å²) < 4.78 is 57.0. The van der Waals surface area contributed by atoms with E-state index in [4.69, 9.17) is 14.2 Å². The van der Waals surface area contributed by atoms with Crippen molar-refractivity contribution in [1.82, 2.24) is 5.32 Å². The minimum atomic E-state index is -4.90. The fourth-order valence-electron chi connectivity index (χ4n) is 2.36. The number of nitrogens with one attached hydrogen (secondary N) is 2. The van der Waals surface area contributed by atoms with Crippen LogP contribution in [0, 0.1) is 0 Å². The van der Waals surface area contributed by atoms with Crippen LogP contribution in [0.4, 0.5) is 23.7 Å². The Bertz CT molecular complexity index is 825. The first-order valence-electron chi connectivity index (χ1n) is 8.65. The minimum Gasteiger partial charge on any atom is -0.493 e. The van der Waals surface area contributed by atoms with E-state index in [9.17, 15) is 23.1 Å². The van der Waals surface area contributed by atoms with E-state index in [1.165, 1.54) is 32.4 Å². The maximum Gasteiger partial charge on any atom is 0.573 e. The molecule has 2 aromatic rings. The van der Waals surface area contributed by atoms with Gasteiger partial charge >= 0.3 is 12.4 Å². The number of carbonyl (C=O) groups excluding carboxylic acids is 1. The van der Waals surface area contributed by atoms with Gasteiger partial charge in [0.25, 0.3) is 0 Å². The lowest BCUT2D eigenvalue weighted by molar-refractivity contribution is -0.274. The standard InChI is InChI=1S/C19H21F3N2O6/c1-27-15-8-5-9-16(28-2)17(15)29-11-12(25)10-23-18(26)24-13-6-3-4-7-14(13)30-19(20,21)22/h3-9,12,25H,10-11H2,1-2H3,(H2,23,24,26). The SMILES string of the molecule is COc1cccc(OC)c1OCC(O)CNC(=O)Nc1ccccc1OC(F)(F)F. The average molecular weight is 430 g/mol. The number of anilines is 1. The molecule has 1 unspecified atom stereocenters. The molecule has 0 saturated heterocycles. The first-order valence-corrected chi connectivity index (χ1v) is 8.65. The van der Waals surface area contributed by atoms with E-state index < -0.39 is 24.2 Å². The Kier molecular flexibility index (Phi) is 7.98. The number of halogens is 3. The highest BCUT2D eigenvalue weighted by Gasteiger charge is 2.32. The van der Waals surface area contributed by atoms with E-state index in [1.54, 1.807) is 18.2 Å².